The number of likely N-dealkylation sites (tertiary alicyclic amines) is 1. The van der Waals surface area contributed by atoms with Crippen LogP contribution in [0.15, 0.2) is 0 Å². The van der Waals surface area contributed by atoms with Crippen molar-refractivity contribution in [3.05, 3.63) is 0 Å². The first-order valence-corrected chi connectivity index (χ1v) is 6.74. The summed E-state index contributed by atoms with van der Waals surface area (Å²) in [5.41, 5.74) is 0. The highest BCUT2D eigenvalue weighted by Gasteiger charge is 2.35. The number of likely N-dealkylation sites (N-methyl/N-ethyl adjacent to an activating group) is 1. The maximum Gasteiger partial charge on any atom is 0.0637 e. The molecule has 3 nitrogen and oxygen atoms in total. The Balaban J connectivity index is 2.03. The number of ether oxygens (including phenoxy) is 1. The quantitative estimate of drug-likeness (QED) is 0.772. The van der Waals surface area contributed by atoms with E-state index in [0.29, 0.717) is 18.1 Å². The van der Waals surface area contributed by atoms with Crippen molar-refractivity contribution >= 4 is 0 Å². The summed E-state index contributed by atoms with van der Waals surface area (Å²) in [4.78, 5) is 2.68. The third-order valence-corrected chi connectivity index (χ3v) is 4.55. The minimum absolute atomic E-state index is 0.580. The Hall–Kier alpha value is -0.120. The predicted octanol–water partition coefficient (Wildman–Crippen LogP) is 1.48. The Morgan fingerprint density at radius 3 is 2.81 bits per heavy atom. The molecule has 2 fully saturated rings. The molecular weight excluding hydrogens is 200 g/mol. The lowest BCUT2D eigenvalue weighted by Gasteiger charge is -2.47. The third-order valence-electron chi connectivity index (χ3n) is 4.55. The van der Waals surface area contributed by atoms with E-state index in [1.165, 1.54) is 19.4 Å². The molecule has 1 N–H and O–H groups in total. The molecule has 2 aliphatic heterocycles. The first kappa shape index (κ1) is 12.3. The summed E-state index contributed by atoms with van der Waals surface area (Å²) < 4.78 is 5.67. The van der Waals surface area contributed by atoms with Gasteiger partial charge >= 0.3 is 0 Å². The average molecular weight is 226 g/mol. The molecule has 3 heteroatoms. The van der Waals surface area contributed by atoms with E-state index in [4.69, 9.17) is 4.74 Å². The van der Waals surface area contributed by atoms with Crippen molar-refractivity contribution in [1.29, 1.82) is 0 Å². The molecule has 4 atom stereocenters. The average Bonchev–Trinajstić information content (AvgIpc) is 2.33. The van der Waals surface area contributed by atoms with Gasteiger partial charge in [0.2, 0.25) is 0 Å². The number of nitrogens with one attached hydrogen (secondary N) is 1. The second-order valence-electron chi connectivity index (χ2n) is 5.42. The molecule has 0 bridgehead atoms. The summed E-state index contributed by atoms with van der Waals surface area (Å²) in [5, 5.41) is 3.47. The molecule has 2 aliphatic rings. The Kier molecular flexibility index (Phi) is 4.22. The van der Waals surface area contributed by atoms with Gasteiger partial charge in [0.15, 0.2) is 0 Å². The van der Waals surface area contributed by atoms with Crippen molar-refractivity contribution in [3.8, 4) is 0 Å². The van der Waals surface area contributed by atoms with Gasteiger partial charge in [-0.1, -0.05) is 6.92 Å². The van der Waals surface area contributed by atoms with Crippen LogP contribution in [-0.4, -0.2) is 49.8 Å². The second kappa shape index (κ2) is 5.48. The highest BCUT2D eigenvalue weighted by Crippen LogP contribution is 2.27. The van der Waals surface area contributed by atoms with Gasteiger partial charge in [0.05, 0.1) is 6.61 Å². The smallest absolute Gasteiger partial charge is 0.0637 e. The van der Waals surface area contributed by atoms with E-state index in [0.717, 1.165) is 25.6 Å². The summed E-state index contributed by atoms with van der Waals surface area (Å²) in [6.45, 7) is 7.83. The van der Waals surface area contributed by atoms with Gasteiger partial charge in [-0.2, -0.15) is 0 Å². The van der Waals surface area contributed by atoms with E-state index in [2.05, 4.69) is 31.1 Å². The number of piperidine rings is 1. The SMILES string of the molecule is CNC1CCOCC1N1CCCC(C)C1C. The van der Waals surface area contributed by atoms with E-state index in [-0.39, 0.29) is 0 Å². The van der Waals surface area contributed by atoms with Crippen LogP contribution in [0.4, 0.5) is 0 Å². The van der Waals surface area contributed by atoms with Crippen LogP contribution >= 0.6 is 0 Å². The Morgan fingerprint density at radius 1 is 1.25 bits per heavy atom. The molecule has 0 saturated carbocycles. The molecule has 2 rings (SSSR count). The highest BCUT2D eigenvalue weighted by atomic mass is 16.5. The predicted molar refractivity (Wildman–Crippen MR) is 66.6 cm³/mol. The molecule has 0 aromatic carbocycles. The molecule has 2 saturated heterocycles. The van der Waals surface area contributed by atoms with Gasteiger partial charge in [0.25, 0.3) is 0 Å². The maximum atomic E-state index is 5.67. The van der Waals surface area contributed by atoms with Gasteiger partial charge in [-0.25, -0.2) is 0 Å². The minimum atomic E-state index is 0.580. The fourth-order valence-electron chi connectivity index (χ4n) is 3.22. The van der Waals surface area contributed by atoms with Gasteiger partial charge in [-0.3, -0.25) is 4.90 Å². The Labute approximate surface area is 99.5 Å². The first-order chi connectivity index (χ1) is 7.74. The molecular formula is C13H26N2O. The molecule has 0 aliphatic carbocycles. The fraction of sp³-hybridized carbons (Fsp3) is 1.00. The van der Waals surface area contributed by atoms with Gasteiger partial charge in [0.1, 0.15) is 0 Å². The summed E-state index contributed by atoms with van der Waals surface area (Å²) in [6, 6.07) is 1.90. The number of nitrogens with zero attached hydrogens (tertiary/aromatic N) is 1. The normalized spacial score (nSPS) is 42.2. The molecule has 94 valence electrons. The molecule has 0 radical (unpaired) electrons. The van der Waals surface area contributed by atoms with Gasteiger partial charge < -0.3 is 10.1 Å². The zero-order valence-electron chi connectivity index (χ0n) is 10.9. The lowest BCUT2D eigenvalue weighted by atomic mass is 9.88. The van der Waals surface area contributed by atoms with Gasteiger partial charge in [-0.15, -0.1) is 0 Å². The van der Waals surface area contributed by atoms with Crippen molar-refractivity contribution in [3.63, 3.8) is 0 Å². The number of rotatable bonds is 2. The second-order valence-corrected chi connectivity index (χ2v) is 5.42. The number of hydrogen-bond donors (Lipinski definition) is 1. The standard InChI is InChI=1S/C13H26N2O/c1-10-5-4-7-15(11(10)2)13-9-16-8-6-12(13)14-3/h10-14H,4-9H2,1-3H3. The Bertz CT molecular complexity index is 216. The Morgan fingerprint density at radius 2 is 2.06 bits per heavy atom. The summed E-state index contributed by atoms with van der Waals surface area (Å²) in [6.07, 6.45) is 3.88. The molecule has 0 aromatic rings. The van der Waals surface area contributed by atoms with Crippen molar-refractivity contribution in [2.45, 2.75) is 51.2 Å². The molecule has 0 spiro atoms. The van der Waals surface area contributed by atoms with E-state index in [1.807, 2.05) is 0 Å². The van der Waals surface area contributed by atoms with Gasteiger partial charge in [-0.05, 0) is 45.7 Å². The highest BCUT2D eigenvalue weighted by molar-refractivity contribution is 4.91. The van der Waals surface area contributed by atoms with E-state index >= 15 is 0 Å². The van der Waals surface area contributed by atoms with Crippen LogP contribution in [0.2, 0.25) is 0 Å². The van der Waals surface area contributed by atoms with Crippen LogP contribution in [0, 0.1) is 5.92 Å². The molecule has 0 aromatic heterocycles. The van der Waals surface area contributed by atoms with E-state index in [9.17, 15) is 0 Å². The molecule has 0 amide bonds. The van der Waals surface area contributed by atoms with E-state index in [1.54, 1.807) is 0 Å². The zero-order valence-corrected chi connectivity index (χ0v) is 10.9. The maximum absolute atomic E-state index is 5.67. The number of hydrogen-bond acceptors (Lipinski definition) is 3. The summed E-state index contributed by atoms with van der Waals surface area (Å²) in [7, 11) is 2.08. The monoisotopic (exact) mass is 226 g/mol. The molecule has 16 heavy (non-hydrogen) atoms. The lowest BCUT2D eigenvalue weighted by molar-refractivity contribution is -0.0362. The van der Waals surface area contributed by atoms with Crippen LogP contribution in [0.25, 0.3) is 0 Å². The molecule has 4 unspecified atom stereocenters. The molecule has 2 heterocycles. The van der Waals surface area contributed by atoms with Gasteiger partial charge in [0, 0.05) is 24.7 Å². The fourth-order valence-corrected chi connectivity index (χ4v) is 3.22. The lowest BCUT2D eigenvalue weighted by Crippen LogP contribution is -2.59. The minimum Gasteiger partial charge on any atom is -0.380 e. The van der Waals surface area contributed by atoms with Crippen LogP contribution in [0.3, 0.4) is 0 Å². The van der Waals surface area contributed by atoms with Crippen molar-refractivity contribution in [1.82, 2.24) is 10.2 Å². The van der Waals surface area contributed by atoms with Crippen LogP contribution < -0.4 is 5.32 Å². The van der Waals surface area contributed by atoms with Crippen molar-refractivity contribution in [2.75, 3.05) is 26.8 Å². The summed E-state index contributed by atoms with van der Waals surface area (Å²) >= 11 is 0. The van der Waals surface area contributed by atoms with Crippen LogP contribution in [0.1, 0.15) is 33.1 Å². The summed E-state index contributed by atoms with van der Waals surface area (Å²) in [5.74, 6) is 0.827. The van der Waals surface area contributed by atoms with Crippen molar-refractivity contribution < 1.29 is 4.74 Å². The topological polar surface area (TPSA) is 24.5 Å². The van der Waals surface area contributed by atoms with Crippen LogP contribution in [-0.2, 0) is 4.74 Å². The first-order valence-electron chi connectivity index (χ1n) is 6.74. The van der Waals surface area contributed by atoms with E-state index < -0.39 is 0 Å². The zero-order chi connectivity index (χ0) is 11.5. The van der Waals surface area contributed by atoms with Crippen molar-refractivity contribution in [2.24, 2.45) is 5.92 Å². The third kappa shape index (κ3) is 2.41. The van der Waals surface area contributed by atoms with Crippen LogP contribution in [0.5, 0.6) is 0 Å². The largest absolute Gasteiger partial charge is 0.380 e.